The fraction of sp³-hybridized carbons (Fsp3) is 0.722. The fourth-order valence-electron chi connectivity index (χ4n) is 3.67. The maximum atomic E-state index is 12.2. The van der Waals surface area contributed by atoms with Crippen molar-refractivity contribution in [1.82, 2.24) is 15.1 Å². The minimum atomic E-state index is -0.397. The molecular weight excluding hydrogens is 322 g/mol. The van der Waals surface area contributed by atoms with Gasteiger partial charge in [0, 0.05) is 43.6 Å². The van der Waals surface area contributed by atoms with E-state index in [1.54, 1.807) is 11.3 Å². The van der Waals surface area contributed by atoms with Gasteiger partial charge in [-0.15, -0.1) is 11.3 Å². The first-order valence-electron chi connectivity index (χ1n) is 9.16. The lowest BCUT2D eigenvalue weighted by Gasteiger charge is -2.35. The van der Waals surface area contributed by atoms with Crippen LogP contribution < -0.4 is 5.32 Å². The molecule has 2 aliphatic rings. The van der Waals surface area contributed by atoms with E-state index in [1.165, 1.54) is 19.3 Å². The van der Waals surface area contributed by atoms with Crippen LogP contribution >= 0.6 is 11.3 Å². The van der Waals surface area contributed by atoms with Crippen LogP contribution in [0, 0.1) is 0 Å². The highest BCUT2D eigenvalue weighted by atomic mass is 32.1. The number of thiophene rings is 1. The van der Waals surface area contributed by atoms with Gasteiger partial charge in [0.25, 0.3) is 0 Å². The van der Waals surface area contributed by atoms with Gasteiger partial charge in [-0.3, -0.25) is 14.6 Å². The molecule has 3 rings (SSSR count). The van der Waals surface area contributed by atoms with Crippen molar-refractivity contribution >= 4 is 17.2 Å². The first kappa shape index (κ1) is 17.9. The summed E-state index contributed by atoms with van der Waals surface area (Å²) >= 11 is 1.60. The molecule has 1 aliphatic carbocycles. The van der Waals surface area contributed by atoms with Crippen LogP contribution in [0.4, 0.5) is 0 Å². The molecule has 0 radical (unpaired) electrons. The molecule has 6 heteroatoms. The molecule has 2 fully saturated rings. The highest BCUT2D eigenvalue weighted by Gasteiger charge is 2.23. The van der Waals surface area contributed by atoms with Crippen molar-refractivity contribution in [3.63, 3.8) is 0 Å². The lowest BCUT2D eigenvalue weighted by Crippen LogP contribution is -2.51. The van der Waals surface area contributed by atoms with Gasteiger partial charge >= 0.3 is 0 Å². The van der Waals surface area contributed by atoms with E-state index in [1.807, 2.05) is 17.5 Å². The van der Waals surface area contributed by atoms with Gasteiger partial charge in [-0.25, -0.2) is 0 Å². The van der Waals surface area contributed by atoms with Crippen LogP contribution in [0.1, 0.15) is 43.1 Å². The standard InChI is InChI=1S/C18H29N3O2S/c22-16(17-7-4-12-24-17)13-20-8-10-21(11-9-20)14-18(23)19-15-5-2-1-3-6-15/h4,7,12,15-16,22H,1-3,5-6,8-11,13-14H2,(H,19,23). The Morgan fingerprint density at radius 2 is 1.92 bits per heavy atom. The number of β-amino-alcohol motifs (C(OH)–C–C–N with tert-alkyl or cyclic N) is 1. The molecule has 24 heavy (non-hydrogen) atoms. The average Bonchev–Trinajstić information content (AvgIpc) is 3.12. The molecule has 1 aromatic heterocycles. The van der Waals surface area contributed by atoms with E-state index in [2.05, 4.69) is 15.1 Å². The van der Waals surface area contributed by atoms with E-state index in [9.17, 15) is 9.90 Å². The van der Waals surface area contributed by atoms with Crippen LogP contribution in [0.15, 0.2) is 17.5 Å². The number of amides is 1. The molecule has 0 spiro atoms. The molecule has 1 saturated carbocycles. The molecule has 0 aromatic carbocycles. The van der Waals surface area contributed by atoms with Crippen molar-refractivity contribution in [2.45, 2.75) is 44.2 Å². The lowest BCUT2D eigenvalue weighted by atomic mass is 9.95. The molecule has 1 unspecified atom stereocenters. The van der Waals surface area contributed by atoms with Gasteiger partial charge in [0.1, 0.15) is 6.10 Å². The number of piperazine rings is 1. The van der Waals surface area contributed by atoms with Crippen molar-refractivity contribution in [2.75, 3.05) is 39.3 Å². The molecule has 2 heterocycles. The molecule has 1 atom stereocenters. The molecule has 1 aromatic rings. The number of carbonyl (C=O) groups excluding carboxylic acids is 1. The second kappa shape index (κ2) is 8.94. The summed E-state index contributed by atoms with van der Waals surface area (Å²) < 4.78 is 0. The Kier molecular flexibility index (Phi) is 6.66. The van der Waals surface area contributed by atoms with Crippen molar-refractivity contribution < 1.29 is 9.90 Å². The predicted molar refractivity (Wildman–Crippen MR) is 97.2 cm³/mol. The Morgan fingerprint density at radius 1 is 1.21 bits per heavy atom. The van der Waals surface area contributed by atoms with Crippen LogP contribution in [0.3, 0.4) is 0 Å². The van der Waals surface area contributed by atoms with E-state index in [0.717, 1.165) is 43.9 Å². The first-order chi connectivity index (χ1) is 11.7. The van der Waals surface area contributed by atoms with Crippen LogP contribution in [-0.4, -0.2) is 66.1 Å². The molecule has 1 aliphatic heterocycles. The zero-order valence-electron chi connectivity index (χ0n) is 14.3. The summed E-state index contributed by atoms with van der Waals surface area (Å²) in [6.07, 6.45) is 5.68. The number of nitrogens with zero attached hydrogens (tertiary/aromatic N) is 2. The monoisotopic (exact) mass is 351 g/mol. The highest BCUT2D eigenvalue weighted by Crippen LogP contribution is 2.20. The Balaban J connectivity index is 1.35. The first-order valence-corrected chi connectivity index (χ1v) is 10.0. The van der Waals surface area contributed by atoms with Crippen LogP contribution in [0.5, 0.6) is 0 Å². The van der Waals surface area contributed by atoms with Gasteiger partial charge in [-0.05, 0) is 24.3 Å². The van der Waals surface area contributed by atoms with Crippen LogP contribution in [0.25, 0.3) is 0 Å². The van der Waals surface area contributed by atoms with Crippen molar-refractivity contribution in [3.8, 4) is 0 Å². The van der Waals surface area contributed by atoms with E-state index < -0.39 is 6.10 Å². The summed E-state index contributed by atoms with van der Waals surface area (Å²) in [7, 11) is 0. The van der Waals surface area contributed by atoms with Gasteiger partial charge in [-0.2, -0.15) is 0 Å². The topological polar surface area (TPSA) is 55.8 Å². The Hall–Kier alpha value is -0.950. The fourth-order valence-corrected chi connectivity index (χ4v) is 4.37. The molecule has 2 N–H and O–H groups in total. The lowest BCUT2D eigenvalue weighted by molar-refractivity contribution is -0.123. The number of nitrogens with one attached hydrogen (secondary N) is 1. The predicted octanol–water partition coefficient (Wildman–Crippen LogP) is 1.85. The summed E-state index contributed by atoms with van der Waals surface area (Å²) in [5.41, 5.74) is 0. The Labute approximate surface area is 148 Å². The maximum Gasteiger partial charge on any atom is 0.234 e. The number of aliphatic hydroxyl groups excluding tert-OH is 1. The second-order valence-corrected chi connectivity index (χ2v) is 7.99. The van der Waals surface area contributed by atoms with E-state index >= 15 is 0 Å². The zero-order chi connectivity index (χ0) is 16.8. The number of hydrogen-bond acceptors (Lipinski definition) is 5. The Morgan fingerprint density at radius 3 is 2.58 bits per heavy atom. The molecule has 0 bridgehead atoms. The van der Waals surface area contributed by atoms with Gasteiger partial charge in [0.15, 0.2) is 0 Å². The number of carbonyl (C=O) groups is 1. The van der Waals surface area contributed by atoms with Crippen molar-refractivity contribution in [1.29, 1.82) is 0 Å². The van der Waals surface area contributed by atoms with Gasteiger partial charge in [-0.1, -0.05) is 25.3 Å². The Bertz CT molecular complexity index is 494. The van der Waals surface area contributed by atoms with Crippen LogP contribution in [-0.2, 0) is 4.79 Å². The van der Waals surface area contributed by atoms with Gasteiger partial charge in [0.2, 0.25) is 5.91 Å². The van der Waals surface area contributed by atoms with Gasteiger partial charge in [0.05, 0.1) is 6.54 Å². The molecular formula is C18H29N3O2S. The third-order valence-electron chi connectivity index (χ3n) is 5.11. The average molecular weight is 352 g/mol. The number of aliphatic hydroxyl groups is 1. The summed E-state index contributed by atoms with van der Waals surface area (Å²) in [6.45, 7) is 4.82. The smallest absolute Gasteiger partial charge is 0.234 e. The SMILES string of the molecule is O=C(CN1CCN(CC(O)c2cccs2)CC1)NC1CCCCC1. The highest BCUT2D eigenvalue weighted by molar-refractivity contribution is 7.10. The largest absolute Gasteiger partial charge is 0.386 e. The normalized spacial score (nSPS) is 22.4. The van der Waals surface area contributed by atoms with Crippen LogP contribution in [0.2, 0.25) is 0 Å². The van der Waals surface area contributed by atoms with E-state index in [-0.39, 0.29) is 5.91 Å². The van der Waals surface area contributed by atoms with E-state index in [0.29, 0.717) is 19.1 Å². The summed E-state index contributed by atoms with van der Waals surface area (Å²) in [6, 6.07) is 4.36. The summed E-state index contributed by atoms with van der Waals surface area (Å²) in [4.78, 5) is 17.7. The maximum absolute atomic E-state index is 12.2. The summed E-state index contributed by atoms with van der Waals surface area (Å²) in [5, 5.41) is 15.4. The molecule has 134 valence electrons. The second-order valence-electron chi connectivity index (χ2n) is 7.01. The minimum absolute atomic E-state index is 0.175. The molecule has 1 amide bonds. The molecule has 5 nitrogen and oxygen atoms in total. The third kappa shape index (κ3) is 5.28. The molecule has 1 saturated heterocycles. The number of rotatable bonds is 6. The quantitative estimate of drug-likeness (QED) is 0.821. The van der Waals surface area contributed by atoms with Crippen molar-refractivity contribution in [3.05, 3.63) is 22.4 Å². The van der Waals surface area contributed by atoms with Crippen molar-refractivity contribution in [2.24, 2.45) is 0 Å². The minimum Gasteiger partial charge on any atom is -0.386 e. The third-order valence-corrected chi connectivity index (χ3v) is 6.08. The summed E-state index contributed by atoms with van der Waals surface area (Å²) in [5.74, 6) is 0.175. The van der Waals surface area contributed by atoms with Gasteiger partial charge < -0.3 is 10.4 Å². The zero-order valence-corrected chi connectivity index (χ0v) is 15.1. The van der Waals surface area contributed by atoms with E-state index in [4.69, 9.17) is 0 Å². The number of hydrogen-bond donors (Lipinski definition) is 2.